The van der Waals surface area contributed by atoms with Crippen LogP contribution in [0, 0.1) is 0 Å². The van der Waals surface area contributed by atoms with E-state index < -0.39 is 0 Å². The van der Waals surface area contributed by atoms with Crippen LogP contribution in [0.4, 0.5) is 45.5 Å². The van der Waals surface area contributed by atoms with Gasteiger partial charge in [0.1, 0.15) is 11.2 Å². The minimum Gasteiger partial charge on any atom is -0.456 e. The fraction of sp³-hybridized carbons (Fsp3) is 0. The highest BCUT2D eigenvalue weighted by Gasteiger charge is 2.16. The molecule has 0 fully saturated rings. The van der Waals surface area contributed by atoms with Crippen molar-refractivity contribution in [3.63, 3.8) is 0 Å². The van der Waals surface area contributed by atoms with Crippen LogP contribution >= 0.6 is 22.7 Å². The summed E-state index contributed by atoms with van der Waals surface area (Å²) in [6.45, 7) is 0. The van der Waals surface area contributed by atoms with Crippen molar-refractivity contribution in [3.8, 4) is 16.8 Å². The molecule has 0 radical (unpaired) electrons. The molecule has 0 unspecified atom stereocenters. The molecule has 4 heterocycles. The lowest BCUT2D eigenvalue weighted by Gasteiger charge is -2.11. The molecule has 0 saturated carbocycles. The molecule has 16 aromatic carbocycles. The number of benzene rings is 16. The maximum absolute atomic E-state index is 5.89. The van der Waals surface area contributed by atoms with Crippen molar-refractivity contribution in [1.29, 1.82) is 0 Å². The molecule has 6 nitrogen and oxygen atoms in total. The Morgan fingerprint density at radius 3 is 1.50 bits per heavy atom. The molecular weight excluding hydrogens is 1260 g/mol. The van der Waals surface area contributed by atoms with E-state index in [0.29, 0.717) is 0 Å². The normalized spacial score (nSPS) is 11.2. The number of para-hydroxylation sites is 6. The highest BCUT2D eigenvalue weighted by Crippen LogP contribution is 2.44. The molecule has 0 atom stereocenters. The molecule has 0 spiro atoms. The zero-order valence-electron chi connectivity index (χ0n) is 54.4. The van der Waals surface area contributed by atoms with E-state index in [-0.39, 0.29) is 0 Å². The van der Waals surface area contributed by atoms with Crippen LogP contribution in [-0.4, -0.2) is 4.57 Å². The topological polar surface area (TPSA) is 66.2 Å². The number of nitrogens with zero attached hydrogens (tertiary/aromatic N) is 1. The summed E-state index contributed by atoms with van der Waals surface area (Å²) in [5.41, 5.74) is 16.9. The number of thiophene rings is 2. The summed E-state index contributed by atoms with van der Waals surface area (Å²) >= 11 is 3.73. The van der Waals surface area contributed by atoms with Gasteiger partial charge in [-0.25, -0.2) is 0 Å². The summed E-state index contributed by atoms with van der Waals surface area (Å²) in [6, 6.07) is 129. The first-order valence-electron chi connectivity index (χ1n) is 33.6. The number of furan rings is 1. The molecule has 0 amide bonds. The lowest BCUT2D eigenvalue weighted by Crippen LogP contribution is -1.93. The average molecular weight is 1320 g/mol. The summed E-state index contributed by atoms with van der Waals surface area (Å²) < 4.78 is 13.5. The van der Waals surface area contributed by atoms with Gasteiger partial charge in [0.15, 0.2) is 0 Å². The molecule has 100 heavy (non-hydrogen) atoms. The fourth-order valence-electron chi connectivity index (χ4n) is 13.6. The van der Waals surface area contributed by atoms with E-state index in [1.807, 2.05) is 89.4 Å². The van der Waals surface area contributed by atoms with Crippen LogP contribution in [0.1, 0.15) is 0 Å². The average Bonchev–Trinajstić information content (AvgIpc) is 1.59. The molecule has 4 N–H and O–H groups in total. The Kier molecular flexibility index (Phi) is 16.7. The number of hydrogen-bond donors (Lipinski definition) is 4. The summed E-state index contributed by atoms with van der Waals surface area (Å²) in [5.74, 6) is 0. The smallest absolute Gasteiger partial charge is 0.135 e. The number of fused-ring (bicyclic) bond motifs is 15. The fourth-order valence-corrected chi connectivity index (χ4v) is 16.0. The first kappa shape index (κ1) is 60.9. The first-order valence-corrected chi connectivity index (χ1v) is 35.2. The molecule has 476 valence electrons. The Labute approximate surface area is 586 Å². The van der Waals surface area contributed by atoms with Crippen molar-refractivity contribution in [3.05, 3.63) is 370 Å². The second-order valence-electron chi connectivity index (χ2n) is 24.7. The Bertz CT molecular complexity index is 6280. The van der Waals surface area contributed by atoms with E-state index in [0.717, 1.165) is 67.4 Å². The predicted molar refractivity (Wildman–Crippen MR) is 433 cm³/mol. The minimum absolute atomic E-state index is 0.917. The second kappa shape index (κ2) is 27.4. The van der Waals surface area contributed by atoms with E-state index in [9.17, 15) is 0 Å². The molecular formula is C92H65N5OS2. The van der Waals surface area contributed by atoms with Gasteiger partial charge in [-0.3, -0.25) is 0 Å². The minimum atomic E-state index is 0.917. The quantitative estimate of drug-likeness (QED) is 0.110. The standard InChI is InChI=1S/C24H18N2.C24H17NS.C22H15NO.C22H15NS/c1-3-9-18(10-4-1)25-19-15-16-24-22(17-19)21-13-7-8-14-23(21)26(24)20-11-5-2-6-12-20;1-3-8-17(9-4-1)20-12-7-13-22-21-15-14-19(16-23(21)26-24(20)22)25-18-10-5-2-6-11-18;1-2-6-16-13-17(10-9-15(16)5-1)23-18-11-12-22-20(14-18)19-7-3-4-8-21(19)24-22;1-2-8-15(9-3-1)23-19-14-21-22(17-11-5-4-10-16(17)19)18-12-6-7-13-20(18)24-21/h1-17,25H;1-16,25H;2*1-14,23H. The molecule has 0 bridgehead atoms. The molecule has 0 aliphatic rings. The zero-order valence-corrected chi connectivity index (χ0v) is 56.0. The van der Waals surface area contributed by atoms with Gasteiger partial charge in [0.2, 0.25) is 0 Å². The lowest BCUT2D eigenvalue weighted by molar-refractivity contribution is 0.669. The largest absolute Gasteiger partial charge is 0.456 e. The van der Waals surface area contributed by atoms with Gasteiger partial charge in [-0.15, -0.1) is 22.7 Å². The summed E-state index contributed by atoms with van der Waals surface area (Å²) in [5, 5.41) is 29.3. The van der Waals surface area contributed by atoms with Crippen LogP contribution in [0.2, 0.25) is 0 Å². The van der Waals surface area contributed by atoms with E-state index in [1.54, 1.807) is 0 Å². The summed E-state index contributed by atoms with van der Waals surface area (Å²) in [4.78, 5) is 0. The number of anilines is 8. The molecule has 0 aliphatic carbocycles. The monoisotopic (exact) mass is 1320 g/mol. The van der Waals surface area contributed by atoms with Gasteiger partial charge in [-0.05, 0) is 161 Å². The number of rotatable bonds is 10. The van der Waals surface area contributed by atoms with Gasteiger partial charge in [-0.1, -0.05) is 237 Å². The summed E-state index contributed by atoms with van der Waals surface area (Å²) in [7, 11) is 0. The van der Waals surface area contributed by atoms with Gasteiger partial charge < -0.3 is 30.3 Å². The maximum Gasteiger partial charge on any atom is 0.135 e. The van der Waals surface area contributed by atoms with E-state index >= 15 is 0 Å². The van der Waals surface area contributed by atoms with Gasteiger partial charge in [0, 0.05) is 118 Å². The maximum atomic E-state index is 5.89. The molecule has 20 aromatic rings. The SMILES string of the molecule is c1ccc(Nc2cc3sc4ccccc4c3c3ccccc23)cc1.c1ccc(Nc2ccc3c(c2)c2ccccc2n3-c2ccccc2)cc1.c1ccc(Nc2ccc3c(c2)sc2c(-c4ccccc4)cccc23)cc1.c1ccc2cc(Nc3ccc4oc5ccccc5c4c3)ccc2c1. The van der Waals surface area contributed by atoms with Crippen LogP contribution in [0.25, 0.3) is 122 Å². The Balaban J connectivity index is 0.0000000997. The Hall–Kier alpha value is -12.7. The third-order valence-electron chi connectivity index (χ3n) is 18.2. The highest BCUT2D eigenvalue weighted by atomic mass is 32.1. The van der Waals surface area contributed by atoms with Crippen molar-refractivity contribution >= 4 is 174 Å². The second-order valence-corrected chi connectivity index (χ2v) is 26.8. The Morgan fingerprint density at radius 2 is 0.760 bits per heavy atom. The van der Waals surface area contributed by atoms with Crippen molar-refractivity contribution in [2.24, 2.45) is 0 Å². The highest BCUT2D eigenvalue weighted by molar-refractivity contribution is 7.26. The number of aromatic nitrogens is 1. The van der Waals surface area contributed by atoms with Gasteiger partial charge >= 0.3 is 0 Å². The van der Waals surface area contributed by atoms with Crippen molar-refractivity contribution in [2.45, 2.75) is 0 Å². The molecule has 20 rings (SSSR count). The van der Waals surface area contributed by atoms with Crippen molar-refractivity contribution < 1.29 is 4.42 Å². The Morgan fingerprint density at radius 1 is 0.250 bits per heavy atom. The predicted octanol–water partition coefficient (Wildman–Crippen LogP) is 27.4. The number of hydrogen-bond acceptors (Lipinski definition) is 7. The summed E-state index contributed by atoms with van der Waals surface area (Å²) in [6.07, 6.45) is 0. The zero-order chi connectivity index (χ0) is 66.6. The van der Waals surface area contributed by atoms with Crippen LogP contribution in [0.5, 0.6) is 0 Å². The number of nitrogens with one attached hydrogen (secondary N) is 4. The lowest BCUT2D eigenvalue weighted by atomic mass is 10.0. The van der Waals surface area contributed by atoms with Crippen LogP contribution < -0.4 is 21.3 Å². The molecule has 8 heteroatoms. The van der Waals surface area contributed by atoms with Gasteiger partial charge in [-0.2, -0.15) is 0 Å². The van der Waals surface area contributed by atoms with E-state index in [1.165, 1.54) is 101 Å². The first-order chi connectivity index (χ1) is 49.5. The van der Waals surface area contributed by atoms with Crippen LogP contribution in [0.3, 0.4) is 0 Å². The van der Waals surface area contributed by atoms with Crippen molar-refractivity contribution in [2.75, 3.05) is 21.3 Å². The van der Waals surface area contributed by atoms with E-state index in [4.69, 9.17) is 4.42 Å². The van der Waals surface area contributed by atoms with Gasteiger partial charge in [0.05, 0.1) is 11.0 Å². The third-order valence-corrected chi connectivity index (χ3v) is 20.6. The van der Waals surface area contributed by atoms with Crippen LogP contribution in [-0.2, 0) is 0 Å². The van der Waals surface area contributed by atoms with Crippen molar-refractivity contribution in [1.82, 2.24) is 4.57 Å². The molecule has 4 aromatic heterocycles. The van der Waals surface area contributed by atoms with Crippen LogP contribution in [0.15, 0.2) is 374 Å². The van der Waals surface area contributed by atoms with E-state index in [2.05, 4.69) is 329 Å². The molecule has 0 saturated heterocycles. The molecule has 0 aliphatic heterocycles. The third kappa shape index (κ3) is 12.5. The van der Waals surface area contributed by atoms with Gasteiger partial charge in [0.25, 0.3) is 0 Å².